The Labute approximate surface area is 67.1 Å². The molecule has 58 valence electrons. The largest absolute Gasteiger partial charge is 0.298 e. The fourth-order valence-corrected chi connectivity index (χ4v) is 1.16. The zero-order valence-corrected chi connectivity index (χ0v) is 6.92. The van der Waals surface area contributed by atoms with Gasteiger partial charge in [-0.3, -0.25) is 4.79 Å². The van der Waals surface area contributed by atoms with Gasteiger partial charge in [-0.15, -0.1) is 0 Å². The summed E-state index contributed by atoms with van der Waals surface area (Å²) < 4.78 is 0. The van der Waals surface area contributed by atoms with Gasteiger partial charge in [-0.2, -0.15) is 0 Å². The molecule has 0 fully saturated rings. The predicted molar refractivity (Wildman–Crippen MR) is 45.9 cm³/mol. The van der Waals surface area contributed by atoms with E-state index in [0.29, 0.717) is 0 Å². The van der Waals surface area contributed by atoms with Crippen molar-refractivity contribution < 1.29 is 4.79 Å². The third kappa shape index (κ3) is 1.67. The van der Waals surface area contributed by atoms with E-state index < -0.39 is 0 Å². The van der Waals surface area contributed by atoms with E-state index in [9.17, 15) is 4.79 Å². The number of aldehydes is 1. The number of carbonyl (C=O) groups is 1. The number of hydrogen-bond donors (Lipinski definition) is 0. The summed E-state index contributed by atoms with van der Waals surface area (Å²) in [5, 5.41) is 0. The Balaban J connectivity index is 3.16. The van der Waals surface area contributed by atoms with Crippen molar-refractivity contribution in [2.24, 2.45) is 0 Å². The first-order valence-corrected chi connectivity index (χ1v) is 3.82. The summed E-state index contributed by atoms with van der Waals surface area (Å²) in [5.74, 6) is 0. The Morgan fingerprint density at radius 2 is 2.18 bits per heavy atom. The van der Waals surface area contributed by atoms with E-state index in [1.807, 2.05) is 19.1 Å². The average Bonchev–Trinajstić information content (AvgIpc) is 2.04. The Bertz CT molecular complexity index is 264. The first kappa shape index (κ1) is 7.99. The van der Waals surface area contributed by atoms with Crippen molar-refractivity contribution in [2.45, 2.75) is 20.3 Å². The molecule has 0 amide bonds. The summed E-state index contributed by atoms with van der Waals surface area (Å²) in [7, 11) is 0. The van der Waals surface area contributed by atoms with Crippen LogP contribution < -0.4 is 0 Å². The van der Waals surface area contributed by atoms with Gasteiger partial charge < -0.3 is 0 Å². The second-order valence-corrected chi connectivity index (χ2v) is 2.67. The van der Waals surface area contributed by atoms with E-state index >= 15 is 0 Å². The van der Waals surface area contributed by atoms with Crippen molar-refractivity contribution in [1.82, 2.24) is 0 Å². The highest BCUT2D eigenvalue weighted by atomic mass is 16.1. The lowest BCUT2D eigenvalue weighted by Gasteiger charge is -2.01. The molecule has 0 atom stereocenters. The molecule has 0 saturated heterocycles. The molecule has 1 rings (SSSR count). The highest BCUT2D eigenvalue weighted by Crippen LogP contribution is 2.09. The quantitative estimate of drug-likeness (QED) is 0.588. The lowest BCUT2D eigenvalue weighted by molar-refractivity contribution is 0.112. The average molecular weight is 148 g/mol. The van der Waals surface area contributed by atoms with Crippen LogP contribution in [0.25, 0.3) is 0 Å². The molecule has 0 bridgehead atoms. The van der Waals surface area contributed by atoms with Crippen LogP contribution in [-0.4, -0.2) is 6.29 Å². The number of hydrogen-bond acceptors (Lipinski definition) is 1. The summed E-state index contributed by atoms with van der Waals surface area (Å²) in [5.41, 5.74) is 3.17. The first-order chi connectivity index (χ1) is 5.27. The molecule has 0 radical (unpaired) electrons. The Kier molecular flexibility index (Phi) is 2.42. The maximum atomic E-state index is 10.5. The minimum atomic E-state index is 0.818. The standard InChI is InChI=1S/C10H12O/c1-3-9-6-8(2)4-5-10(9)7-11/h4-7H,3H2,1-2H3. The monoisotopic (exact) mass is 148 g/mol. The van der Waals surface area contributed by atoms with E-state index in [4.69, 9.17) is 0 Å². The lowest BCUT2D eigenvalue weighted by Crippen LogP contribution is -1.90. The van der Waals surface area contributed by atoms with Crippen molar-refractivity contribution in [3.05, 3.63) is 34.9 Å². The van der Waals surface area contributed by atoms with Crippen LogP contribution in [0.15, 0.2) is 18.2 Å². The van der Waals surface area contributed by atoms with E-state index in [2.05, 4.69) is 13.0 Å². The third-order valence-electron chi connectivity index (χ3n) is 1.81. The minimum Gasteiger partial charge on any atom is -0.298 e. The fourth-order valence-electron chi connectivity index (χ4n) is 1.16. The fraction of sp³-hybridized carbons (Fsp3) is 0.300. The molecular weight excluding hydrogens is 136 g/mol. The smallest absolute Gasteiger partial charge is 0.150 e. The molecule has 0 N–H and O–H groups in total. The molecule has 0 aliphatic heterocycles. The Hall–Kier alpha value is -1.11. The first-order valence-electron chi connectivity index (χ1n) is 3.82. The van der Waals surface area contributed by atoms with Crippen LogP contribution in [-0.2, 0) is 6.42 Å². The zero-order chi connectivity index (χ0) is 8.27. The molecule has 1 aromatic carbocycles. The van der Waals surface area contributed by atoms with Gasteiger partial charge in [-0.1, -0.05) is 30.7 Å². The molecular formula is C10H12O. The van der Waals surface area contributed by atoms with Crippen molar-refractivity contribution in [2.75, 3.05) is 0 Å². The van der Waals surface area contributed by atoms with Gasteiger partial charge in [-0.25, -0.2) is 0 Å². The van der Waals surface area contributed by atoms with E-state index in [0.717, 1.165) is 23.8 Å². The Morgan fingerprint density at radius 1 is 1.45 bits per heavy atom. The van der Waals surface area contributed by atoms with Gasteiger partial charge in [-0.05, 0) is 18.9 Å². The van der Waals surface area contributed by atoms with Gasteiger partial charge in [0.1, 0.15) is 6.29 Å². The molecule has 0 unspecified atom stereocenters. The van der Waals surface area contributed by atoms with Crippen molar-refractivity contribution >= 4 is 6.29 Å². The topological polar surface area (TPSA) is 17.1 Å². The molecule has 0 aliphatic rings. The molecule has 0 aliphatic carbocycles. The van der Waals surface area contributed by atoms with Crippen LogP contribution in [0.4, 0.5) is 0 Å². The SMILES string of the molecule is CCc1cc(C)ccc1C=O. The third-order valence-corrected chi connectivity index (χ3v) is 1.81. The van der Waals surface area contributed by atoms with Crippen LogP contribution in [0.2, 0.25) is 0 Å². The number of rotatable bonds is 2. The summed E-state index contributed by atoms with van der Waals surface area (Å²) in [6.45, 7) is 4.09. The van der Waals surface area contributed by atoms with Crippen molar-refractivity contribution in [3.63, 3.8) is 0 Å². The number of aryl methyl sites for hydroxylation is 2. The molecule has 1 nitrogen and oxygen atoms in total. The second-order valence-electron chi connectivity index (χ2n) is 2.67. The normalized spacial score (nSPS) is 9.64. The van der Waals surface area contributed by atoms with Crippen LogP contribution in [0, 0.1) is 6.92 Å². The van der Waals surface area contributed by atoms with E-state index in [-0.39, 0.29) is 0 Å². The maximum Gasteiger partial charge on any atom is 0.150 e. The van der Waals surface area contributed by atoms with Gasteiger partial charge in [0, 0.05) is 5.56 Å². The van der Waals surface area contributed by atoms with Gasteiger partial charge >= 0.3 is 0 Å². The second kappa shape index (κ2) is 3.33. The van der Waals surface area contributed by atoms with Gasteiger partial charge in [0.05, 0.1) is 0 Å². The summed E-state index contributed by atoms with van der Waals surface area (Å²) in [4.78, 5) is 10.5. The van der Waals surface area contributed by atoms with Gasteiger partial charge in [0.25, 0.3) is 0 Å². The highest BCUT2D eigenvalue weighted by molar-refractivity contribution is 5.77. The van der Waals surface area contributed by atoms with Crippen LogP contribution in [0.3, 0.4) is 0 Å². The van der Waals surface area contributed by atoms with Gasteiger partial charge in [0.15, 0.2) is 0 Å². The molecule has 1 heteroatoms. The lowest BCUT2D eigenvalue weighted by atomic mass is 10.0. The zero-order valence-electron chi connectivity index (χ0n) is 6.92. The predicted octanol–water partition coefficient (Wildman–Crippen LogP) is 2.37. The molecule has 0 spiro atoms. The summed E-state index contributed by atoms with van der Waals surface area (Å²) >= 11 is 0. The van der Waals surface area contributed by atoms with Crippen LogP contribution in [0.1, 0.15) is 28.4 Å². The molecule has 0 saturated carbocycles. The van der Waals surface area contributed by atoms with Crippen LogP contribution in [0.5, 0.6) is 0 Å². The maximum absolute atomic E-state index is 10.5. The minimum absolute atomic E-state index is 0.818. The highest BCUT2D eigenvalue weighted by Gasteiger charge is 1.97. The summed E-state index contributed by atoms with van der Waals surface area (Å²) in [6, 6.07) is 5.90. The molecule has 1 aromatic rings. The van der Waals surface area contributed by atoms with E-state index in [1.165, 1.54) is 5.56 Å². The molecule has 11 heavy (non-hydrogen) atoms. The van der Waals surface area contributed by atoms with Crippen molar-refractivity contribution in [1.29, 1.82) is 0 Å². The van der Waals surface area contributed by atoms with Crippen LogP contribution >= 0.6 is 0 Å². The molecule has 0 aromatic heterocycles. The van der Waals surface area contributed by atoms with Gasteiger partial charge in [0.2, 0.25) is 0 Å². The molecule has 0 heterocycles. The summed E-state index contributed by atoms with van der Waals surface area (Å²) in [6.07, 6.45) is 1.84. The Morgan fingerprint density at radius 3 is 2.73 bits per heavy atom. The van der Waals surface area contributed by atoms with E-state index in [1.54, 1.807) is 0 Å². The van der Waals surface area contributed by atoms with Crippen molar-refractivity contribution in [3.8, 4) is 0 Å². The number of carbonyl (C=O) groups excluding carboxylic acids is 1. The number of benzene rings is 1.